The summed E-state index contributed by atoms with van der Waals surface area (Å²) in [5.41, 5.74) is 4.20. The van der Waals surface area contributed by atoms with Gasteiger partial charge in [0.2, 0.25) is 5.89 Å². The van der Waals surface area contributed by atoms with Gasteiger partial charge in [0.15, 0.2) is 5.58 Å². The number of hydrogen-bond donors (Lipinski definition) is 0. The zero-order chi connectivity index (χ0) is 18.8. The Labute approximate surface area is 173 Å². The summed E-state index contributed by atoms with van der Waals surface area (Å²) in [4.78, 5) is 9.09. The maximum Gasteiger partial charge on any atom is 0.227 e. The molecule has 0 bridgehead atoms. The molecule has 0 N–H and O–H groups in total. The van der Waals surface area contributed by atoms with Crippen molar-refractivity contribution in [2.75, 3.05) is 7.11 Å². The topological polar surface area (TPSA) is 47.6 Å². The molecule has 4 rings (SSSR count). The Morgan fingerprint density at radius 3 is 2.70 bits per heavy atom. The lowest BCUT2D eigenvalue weighted by Gasteiger charge is -2.03. The Bertz CT molecular complexity index is 1150. The van der Waals surface area contributed by atoms with Gasteiger partial charge in [0.05, 0.1) is 17.3 Å². The van der Waals surface area contributed by atoms with Crippen molar-refractivity contribution < 1.29 is 9.15 Å². The second-order valence-corrected chi connectivity index (χ2v) is 7.60. The smallest absolute Gasteiger partial charge is 0.227 e. The van der Waals surface area contributed by atoms with Crippen LogP contribution in [0.3, 0.4) is 0 Å². The van der Waals surface area contributed by atoms with Crippen molar-refractivity contribution in [2.24, 2.45) is 4.99 Å². The van der Waals surface area contributed by atoms with Gasteiger partial charge >= 0.3 is 0 Å². The number of aliphatic imine (C=N–C) groups is 1. The van der Waals surface area contributed by atoms with Gasteiger partial charge in [0.25, 0.3) is 0 Å². The second-order valence-electron chi connectivity index (χ2n) is 5.83. The van der Waals surface area contributed by atoms with Crippen molar-refractivity contribution in [3.63, 3.8) is 0 Å². The minimum absolute atomic E-state index is 0.589. The van der Waals surface area contributed by atoms with Crippen LogP contribution in [0.1, 0.15) is 5.56 Å². The Balaban J connectivity index is 1.62. The maximum atomic E-state index is 5.92. The quantitative estimate of drug-likeness (QED) is 0.299. The van der Waals surface area contributed by atoms with Crippen LogP contribution >= 0.6 is 31.9 Å². The number of fused-ring (bicyclic) bond motifs is 1. The molecule has 0 fully saturated rings. The van der Waals surface area contributed by atoms with Gasteiger partial charge in [-0.1, -0.05) is 22.0 Å². The molecular formula is C21H14Br2N2O2. The molecule has 0 saturated carbocycles. The zero-order valence-electron chi connectivity index (χ0n) is 14.3. The molecule has 0 aliphatic rings. The molecule has 4 aromatic rings. The van der Waals surface area contributed by atoms with Crippen LogP contribution in [0.5, 0.6) is 5.75 Å². The van der Waals surface area contributed by atoms with E-state index < -0.39 is 0 Å². The Morgan fingerprint density at radius 1 is 1.04 bits per heavy atom. The van der Waals surface area contributed by atoms with Gasteiger partial charge in [-0.25, -0.2) is 4.98 Å². The highest BCUT2D eigenvalue weighted by molar-refractivity contribution is 9.10. The van der Waals surface area contributed by atoms with Crippen LogP contribution < -0.4 is 4.74 Å². The summed E-state index contributed by atoms with van der Waals surface area (Å²) in [7, 11) is 1.64. The Hall–Kier alpha value is -2.44. The van der Waals surface area contributed by atoms with E-state index in [-0.39, 0.29) is 0 Å². The van der Waals surface area contributed by atoms with Gasteiger partial charge in [0, 0.05) is 22.3 Å². The van der Waals surface area contributed by atoms with Crippen molar-refractivity contribution in [3.8, 4) is 17.2 Å². The number of halogens is 2. The lowest BCUT2D eigenvalue weighted by Crippen LogP contribution is -1.86. The van der Waals surface area contributed by atoms with E-state index in [4.69, 9.17) is 9.15 Å². The van der Waals surface area contributed by atoms with E-state index in [2.05, 4.69) is 41.8 Å². The van der Waals surface area contributed by atoms with E-state index in [1.54, 1.807) is 13.3 Å². The third-order valence-corrected chi connectivity index (χ3v) is 5.10. The average molecular weight is 486 g/mol. The van der Waals surface area contributed by atoms with Crippen molar-refractivity contribution in [2.45, 2.75) is 0 Å². The minimum atomic E-state index is 0.589. The molecule has 0 unspecified atom stereocenters. The first-order chi connectivity index (χ1) is 13.1. The predicted molar refractivity (Wildman–Crippen MR) is 115 cm³/mol. The second kappa shape index (κ2) is 7.66. The zero-order valence-corrected chi connectivity index (χ0v) is 17.5. The summed E-state index contributed by atoms with van der Waals surface area (Å²) in [5, 5.41) is 0. The SMILES string of the molecule is COc1ccc(C=Nc2ccc3nc(-c4cccc(Br)c4)oc3c2)cc1Br. The largest absolute Gasteiger partial charge is 0.496 e. The summed E-state index contributed by atoms with van der Waals surface area (Å²) in [6, 6.07) is 19.4. The molecule has 0 saturated heterocycles. The molecule has 1 aromatic heterocycles. The van der Waals surface area contributed by atoms with Crippen molar-refractivity contribution in [1.29, 1.82) is 0 Å². The molecule has 1 heterocycles. The first-order valence-corrected chi connectivity index (χ1v) is 9.75. The molecule has 134 valence electrons. The summed E-state index contributed by atoms with van der Waals surface area (Å²) in [6.07, 6.45) is 1.80. The maximum absolute atomic E-state index is 5.92. The van der Waals surface area contributed by atoms with Crippen LogP contribution in [0.4, 0.5) is 5.69 Å². The van der Waals surface area contributed by atoms with E-state index in [1.807, 2.05) is 60.7 Å². The molecule has 0 spiro atoms. The van der Waals surface area contributed by atoms with Gasteiger partial charge in [-0.2, -0.15) is 0 Å². The van der Waals surface area contributed by atoms with E-state index >= 15 is 0 Å². The summed E-state index contributed by atoms with van der Waals surface area (Å²) in [6.45, 7) is 0. The van der Waals surface area contributed by atoms with E-state index in [9.17, 15) is 0 Å². The third-order valence-electron chi connectivity index (χ3n) is 3.98. The van der Waals surface area contributed by atoms with Crippen LogP contribution in [-0.4, -0.2) is 18.3 Å². The van der Waals surface area contributed by atoms with Crippen LogP contribution in [0, 0.1) is 0 Å². The van der Waals surface area contributed by atoms with Gasteiger partial charge in [-0.3, -0.25) is 4.99 Å². The van der Waals surface area contributed by atoms with Crippen LogP contribution in [0.2, 0.25) is 0 Å². The number of hydrogen-bond acceptors (Lipinski definition) is 4. The van der Waals surface area contributed by atoms with Gasteiger partial charge in [-0.05, 0) is 70.0 Å². The highest BCUT2D eigenvalue weighted by atomic mass is 79.9. The molecule has 27 heavy (non-hydrogen) atoms. The number of methoxy groups -OCH3 is 1. The molecule has 0 atom stereocenters. The number of ether oxygens (including phenoxy) is 1. The minimum Gasteiger partial charge on any atom is -0.496 e. The van der Waals surface area contributed by atoms with Crippen molar-refractivity contribution in [1.82, 2.24) is 4.98 Å². The average Bonchev–Trinajstić information content (AvgIpc) is 3.10. The molecule has 0 aliphatic carbocycles. The van der Waals surface area contributed by atoms with Crippen LogP contribution in [0.15, 0.2) is 79.0 Å². The molecule has 3 aromatic carbocycles. The number of rotatable bonds is 4. The van der Waals surface area contributed by atoms with E-state index in [0.717, 1.165) is 37.0 Å². The highest BCUT2D eigenvalue weighted by Gasteiger charge is 2.09. The Kier molecular flexibility index (Phi) is 5.09. The van der Waals surface area contributed by atoms with Gasteiger partial charge < -0.3 is 9.15 Å². The first-order valence-electron chi connectivity index (χ1n) is 8.16. The van der Waals surface area contributed by atoms with E-state index in [0.29, 0.717) is 11.5 Å². The summed E-state index contributed by atoms with van der Waals surface area (Å²) >= 11 is 6.95. The Morgan fingerprint density at radius 2 is 1.93 bits per heavy atom. The lowest BCUT2D eigenvalue weighted by atomic mass is 10.2. The summed E-state index contributed by atoms with van der Waals surface area (Å²) in [5.74, 6) is 1.38. The molecule has 0 amide bonds. The lowest BCUT2D eigenvalue weighted by molar-refractivity contribution is 0.412. The monoisotopic (exact) mass is 484 g/mol. The molecular weight excluding hydrogens is 472 g/mol. The molecule has 4 nitrogen and oxygen atoms in total. The number of oxazole rings is 1. The van der Waals surface area contributed by atoms with Crippen LogP contribution in [-0.2, 0) is 0 Å². The predicted octanol–water partition coefficient (Wildman–Crippen LogP) is 6.78. The molecule has 0 aliphatic heterocycles. The van der Waals surface area contributed by atoms with Gasteiger partial charge in [0.1, 0.15) is 11.3 Å². The third kappa shape index (κ3) is 3.96. The molecule has 6 heteroatoms. The molecule has 0 radical (unpaired) electrons. The first kappa shape index (κ1) is 17.9. The fraction of sp³-hybridized carbons (Fsp3) is 0.0476. The number of aromatic nitrogens is 1. The van der Waals surface area contributed by atoms with Crippen LogP contribution in [0.25, 0.3) is 22.6 Å². The van der Waals surface area contributed by atoms with Crippen molar-refractivity contribution >= 4 is 54.9 Å². The fourth-order valence-electron chi connectivity index (χ4n) is 2.65. The highest BCUT2D eigenvalue weighted by Crippen LogP contribution is 2.29. The number of nitrogens with zero attached hydrogens (tertiary/aromatic N) is 2. The van der Waals surface area contributed by atoms with Gasteiger partial charge in [-0.15, -0.1) is 0 Å². The normalized spacial score (nSPS) is 11.4. The fourth-order valence-corrected chi connectivity index (χ4v) is 3.61. The van der Waals surface area contributed by atoms with Crippen molar-refractivity contribution in [3.05, 3.63) is 75.2 Å². The van der Waals surface area contributed by atoms with E-state index in [1.165, 1.54) is 0 Å². The standard InChI is InChI=1S/C21H14Br2N2O2/c1-26-19-8-5-13(9-17(19)23)12-24-16-6-7-18-20(11-16)27-21(25-18)14-3-2-4-15(22)10-14/h2-12H,1H3. The summed E-state index contributed by atoms with van der Waals surface area (Å²) < 4.78 is 13.0. The number of benzene rings is 3.